The van der Waals surface area contributed by atoms with Crippen molar-refractivity contribution in [3.63, 3.8) is 0 Å². The molecule has 1 N–H and O–H groups in total. The maximum absolute atomic E-state index is 12.6. The highest BCUT2D eigenvalue weighted by atomic mass is 35.5. The van der Waals surface area contributed by atoms with E-state index < -0.39 is 5.91 Å². The van der Waals surface area contributed by atoms with E-state index in [0.29, 0.717) is 52.5 Å². The highest BCUT2D eigenvalue weighted by Gasteiger charge is 2.13. The molecule has 0 radical (unpaired) electrons. The third kappa shape index (κ3) is 8.28. The number of benzene rings is 4. The van der Waals surface area contributed by atoms with Crippen molar-refractivity contribution in [3.05, 3.63) is 118 Å². The van der Waals surface area contributed by atoms with E-state index in [2.05, 4.69) is 5.32 Å². The first kappa shape index (κ1) is 29.1. The Morgan fingerprint density at radius 2 is 1.51 bits per heavy atom. The van der Waals surface area contributed by atoms with Crippen molar-refractivity contribution >= 4 is 29.3 Å². The van der Waals surface area contributed by atoms with Crippen LogP contribution >= 0.6 is 11.6 Å². The lowest BCUT2D eigenvalue weighted by molar-refractivity contribution is -0.112. The molecule has 0 fully saturated rings. The number of amides is 1. The fourth-order valence-corrected chi connectivity index (χ4v) is 3.99. The van der Waals surface area contributed by atoms with Gasteiger partial charge < -0.3 is 24.3 Å². The molecule has 0 aliphatic rings. The Kier molecular flexibility index (Phi) is 10.2. The first-order chi connectivity index (χ1) is 20.0. The lowest BCUT2D eigenvalue weighted by atomic mass is 10.1. The molecule has 4 aromatic rings. The predicted octanol–water partition coefficient (Wildman–Crippen LogP) is 7.45. The van der Waals surface area contributed by atoms with E-state index in [-0.39, 0.29) is 12.2 Å². The largest absolute Gasteiger partial charge is 0.493 e. The van der Waals surface area contributed by atoms with Gasteiger partial charge >= 0.3 is 0 Å². The van der Waals surface area contributed by atoms with Gasteiger partial charge in [0.2, 0.25) is 0 Å². The van der Waals surface area contributed by atoms with Crippen molar-refractivity contribution < 1.29 is 23.7 Å². The summed E-state index contributed by atoms with van der Waals surface area (Å²) in [5, 5.41) is 12.8. The molecular weight excluding hydrogens is 540 g/mol. The van der Waals surface area contributed by atoms with E-state index >= 15 is 0 Å². The van der Waals surface area contributed by atoms with Crippen LogP contribution in [0, 0.1) is 11.3 Å². The highest BCUT2D eigenvalue weighted by Crippen LogP contribution is 2.32. The number of carbonyl (C=O) groups excluding carboxylic acids is 1. The standard InChI is InChI=1S/C33H29ClN2O5/c1-3-39-32-18-24(17-26(20-35)33(37)36-28-13-11-27(34)12-14-28)9-15-30(32)41-22-25-10-16-29(31(19-25)38-2)40-21-23-7-5-4-6-8-23/h4-19H,3,21-22H2,1-2H3,(H,36,37)/b26-17-. The van der Waals surface area contributed by atoms with Gasteiger partial charge in [0, 0.05) is 10.7 Å². The van der Waals surface area contributed by atoms with Gasteiger partial charge in [0.25, 0.3) is 5.91 Å². The molecule has 41 heavy (non-hydrogen) atoms. The number of nitrogens with zero attached hydrogens (tertiary/aromatic N) is 1. The Balaban J connectivity index is 1.44. The molecule has 0 saturated carbocycles. The van der Waals surface area contributed by atoms with Crippen LogP contribution in [0.2, 0.25) is 5.02 Å². The zero-order valence-corrected chi connectivity index (χ0v) is 23.5. The van der Waals surface area contributed by atoms with Gasteiger partial charge in [0.15, 0.2) is 23.0 Å². The number of ether oxygens (including phenoxy) is 4. The van der Waals surface area contributed by atoms with Crippen molar-refractivity contribution in [2.45, 2.75) is 20.1 Å². The second-order valence-electron chi connectivity index (χ2n) is 8.82. The van der Waals surface area contributed by atoms with Gasteiger partial charge in [-0.15, -0.1) is 0 Å². The summed E-state index contributed by atoms with van der Waals surface area (Å²) in [6.07, 6.45) is 1.50. The number of nitrogens with one attached hydrogen (secondary N) is 1. The van der Waals surface area contributed by atoms with E-state index in [1.54, 1.807) is 49.6 Å². The van der Waals surface area contributed by atoms with E-state index in [1.807, 2.05) is 61.5 Å². The molecule has 8 heteroatoms. The van der Waals surface area contributed by atoms with Gasteiger partial charge in [-0.25, -0.2) is 0 Å². The quantitative estimate of drug-likeness (QED) is 0.141. The van der Waals surface area contributed by atoms with Gasteiger partial charge in [-0.05, 0) is 78.2 Å². The lowest BCUT2D eigenvalue weighted by Crippen LogP contribution is -2.13. The van der Waals surface area contributed by atoms with Crippen LogP contribution in [-0.4, -0.2) is 19.6 Å². The molecule has 0 spiro atoms. The van der Waals surface area contributed by atoms with Crippen molar-refractivity contribution in [2.75, 3.05) is 19.0 Å². The van der Waals surface area contributed by atoms with Crippen molar-refractivity contribution in [3.8, 4) is 29.1 Å². The minimum atomic E-state index is -0.529. The summed E-state index contributed by atoms with van der Waals surface area (Å²) in [4.78, 5) is 12.6. The minimum absolute atomic E-state index is 0.0577. The van der Waals surface area contributed by atoms with Crippen molar-refractivity contribution in [1.29, 1.82) is 5.26 Å². The number of carbonyl (C=O) groups is 1. The number of halogens is 1. The lowest BCUT2D eigenvalue weighted by Gasteiger charge is -2.15. The minimum Gasteiger partial charge on any atom is -0.493 e. The predicted molar refractivity (Wildman–Crippen MR) is 159 cm³/mol. The molecular formula is C33H29ClN2O5. The van der Waals surface area contributed by atoms with Gasteiger partial charge in [0.1, 0.15) is 24.9 Å². The number of anilines is 1. The number of nitriles is 1. The van der Waals surface area contributed by atoms with E-state index in [1.165, 1.54) is 6.08 Å². The summed E-state index contributed by atoms with van der Waals surface area (Å²) >= 11 is 5.90. The molecule has 0 aliphatic heterocycles. The van der Waals surface area contributed by atoms with Crippen LogP contribution in [0.25, 0.3) is 6.08 Å². The first-order valence-corrected chi connectivity index (χ1v) is 13.3. The zero-order valence-electron chi connectivity index (χ0n) is 22.7. The van der Waals surface area contributed by atoms with Crippen molar-refractivity contribution in [1.82, 2.24) is 0 Å². The number of hydrogen-bond donors (Lipinski definition) is 1. The monoisotopic (exact) mass is 568 g/mol. The summed E-state index contributed by atoms with van der Waals surface area (Å²) in [6.45, 7) is 2.97. The number of methoxy groups -OCH3 is 1. The second kappa shape index (κ2) is 14.5. The van der Waals surface area contributed by atoms with E-state index in [0.717, 1.165) is 11.1 Å². The number of rotatable bonds is 12. The summed E-state index contributed by atoms with van der Waals surface area (Å²) in [5.41, 5.74) is 3.04. The topological polar surface area (TPSA) is 89.8 Å². The molecule has 4 rings (SSSR count). The maximum atomic E-state index is 12.6. The Bertz CT molecular complexity index is 1550. The smallest absolute Gasteiger partial charge is 0.266 e. The summed E-state index contributed by atoms with van der Waals surface area (Å²) < 4.78 is 23.3. The molecule has 7 nitrogen and oxygen atoms in total. The summed E-state index contributed by atoms with van der Waals surface area (Å²) in [6, 6.07) is 29.4. The van der Waals surface area contributed by atoms with Crippen LogP contribution in [0.5, 0.6) is 23.0 Å². The summed E-state index contributed by atoms with van der Waals surface area (Å²) in [7, 11) is 1.60. The Morgan fingerprint density at radius 3 is 2.20 bits per heavy atom. The Labute approximate surface area is 244 Å². The fourth-order valence-electron chi connectivity index (χ4n) is 3.87. The molecule has 208 valence electrons. The molecule has 4 aromatic carbocycles. The molecule has 0 unspecified atom stereocenters. The third-order valence-electron chi connectivity index (χ3n) is 5.91. The van der Waals surface area contributed by atoms with E-state index in [9.17, 15) is 10.1 Å². The Morgan fingerprint density at radius 1 is 0.829 bits per heavy atom. The molecule has 0 bridgehead atoms. The molecule has 0 aliphatic carbocycles. The maximum Gasteiger partial charge on any atom is 0.266 e. The second-order valence-corrected chi connectivity index (χ2v) is 9.25. The average molecular weight is 569 g/mol. The SMILES string of the molecule is CCOc1cc(/C=C(/C#N)C(=O)Nc2ccc(Cl)cc2)ccc1OCc1ccc(OCc2ccccc2)c(OC)c1. The van der Waals surface area contributed by atoms with Crippen LogP contribution in [0.3, 0.4) is 0 Å². The molecule has 0 heterocycles. The first-order valence-electron chi connectivity index (χ1n) is 12.9. The summed E-state index contributed by atoms with van der Waals surface area (Å²) in [5.74, 6) is 1.73. The highest BCUT2D eigenvalue weighted by molar-refractivity contribution is 6.30. The van der Waals surface area contributed by atoms with Crippen molar-refractivity contribution in [2.24, 2.45) is 0 Å². The number of hydrogen-bond acceptors (Lipinski definition) is 6. The van der Waals surface area contributed by atoms with E-state index in [4.69, 9.17) is 30.5 Å². The van der Waals surface area contributed by atoms with Gasteiger partial charge in [0.05, 0.1) is 13.7 Å². The van der Waals surface area contributed by atoms with Crippen LogP contribution in [-0.2, 0) is 18.0 Å². The normalized spacial score (nSPS) is 10.8. The third-order valence-corrected chi connectivity index (χ3v) is 6.16. The van der Waals surface area contributed by atoms with Crippen LogP contribution in [0.1, 0.15) is 23.6 Å². The van der Waals surface area contributed by atoms with Crippen LogP contribution in [0.15, 0.2) is 96.6 Å². The molecule has 1 amide bonds. The fraction of sp³-hybridized carbons (Fsp3) is 0.152. The molecule has 0 atom stereocenters. The zero-order chi connectivity index (χ0) is 29.0. The average Bonchev–Trinajstić information content (AvgIpc) is 3.00. The van der Waals surface area contributed by atoms with Gasteiger partial charge in [-0.1, -0.05) is 54.1 Å². The Hall–Kier alpha value is -4.93. The van der Waals surface area contributed by atoms with Crippen LogP contribution < -0.4 is 24.3 Å². The van der Waals surface area contributed by atoms with Gasteiger partial charge in [-0.2, -0.15) is 5.26 Å². The molecule has 0 aromatic heterocycles. The molecule has 0 saturated heterocycles. The van der Waals surface area contributed by atoms with Crippen LogP contribution in [0.4, 0.5) is 5.69 Å². The van der Waals surface area contributed by atoms with Gasteiger partial charge in [-0.3, -0.25) is 4.79 Å².